The third-order valence-corrected chi connectivity index (χ3v) is 13.0. The molecule has 44 heavy (non-hydrogen) atoms. The van der Waals surface area contributed by atoms with Crippen LogP contribution in [0.5, 0.6) is 0 Å². The van der Waals surface area contributed by atoms with E-state index in [9.17, 15) is 0 Å². The molecular weight excluding hydrogens is 534 g/mol. The van der Waals surface area contributed by atoms with Crippen molar-refractivity contribution in [2.45, 2.75) is 102 Å². The minimum Gasteiger partial charge on any atom is -0.217 e. The molecule has 0 spiro atoms. The van der Waals surface area contributed by atoms with E-state index in [0.717, 1.165) is 42.2 Å². The fourth-order valence-corrected chi connectivity index (χ4v) is 10.7. The molecular formula is C41H45N3. The average Bonchev–Trinajstić information content (AvgIpc) is 3.55. The first-order chi connectivity index (χ1) is 21.1. The van der Waals surface area contributed by atoms with Crippen LogP contribution in [0.4, 0.5) is 0 Å². The Bertz CT molecular complexity index is 1840. The maximum Gasteiger partial charge on any atom is 0.164 e. The number of hydrogen-bond acceptors (Lipinski definition) is 3. The van der Waals surface area contributed by atoms with Crippen molar-refractivity contribution in [2.75, 3.05) is 0 Å². The summed E-state index contributed by atoms with van der Waals surface area (Å²) in [6.07, 6.45) is 11.3. The number of fused-ring (bicyclic) bond motifs is 8. The van der Waals surface area contributed by atoms with Crippen LogP contribution in [0.2, 0.25) is 0 Å². The fraction of sp³-hybridized carbons (Fsp3) is 0.488. The highest BCUT2D eigenvalue weighted by Gasteiger charge is 2.48. The van der Waals surface area contributed by atoms with Crippen molar-refractivity contribution in [1.82, 2.24) is 15.0 Å². The van der Waals surface area contributed by atoms with Crippen LogP contribution in [0.1, 0.15) is 108 Å². The van der Waals surface area contributed by atoms with Crippen LogP contribution in [0.25, 0.3) is 33.3 Å². The van der Waals surface area contributed by atoms with E-state index in [1.54, 1.807) is 0 Å². The zero-order chi connectivity index (χ0) is 30.0. The Kier molecular flexibility index (Phi) is 5.60. The SMILES string of the molecule is C=C1C2CC[C@@H]1CC(C)(c1nc(-c3cccc4c3-c3cc5ccccc5cc3C4(C)C)nc(C3(C)CC4CC[C@@H](C4)C3)n1)C2. The van der Waals surface area contributed by atoms with Crippen LogP contribution in [0, 0.1) is 23.7 Å². The molecule has 1 heterocycles. The van der Waals surface area contributed by atoms with Gasteiger partial charge in [-0.15, -0.1) is 0 Å². The monoisotopic (exact) mass is 579 g/mol. The second-order valence-corrected chi connectivity index (χ2v) is 16.4. The summed E-state index contributed by atoms with van der Waals surface area (Å²) in [4.78, 5) is 16.5. The number of nitrogens with zero attached hydrogens (tertiary/aromatic N) is 3. The van der Waals surface area contributed by atoms with Gasteiger partial charge >= 0.3 is 0 Å². The van der Waals surface area contributed by atoms with Gasteiger partial charge < -0.3 is 0 Å². The molecule has 4 aromatic rings. The minimum atomic E-state index is -0.0904. The number of aromatic nitrogens is 3. The first-order valence-electron chi connectivity index (χ1n) is 17.2. The van der Waals surface area contributed by atoms with Crippen molar-refractivity contribution in [2.24, 2.45) is 23.7 Å². The van der Waals surface area contributed by atoms with E-state index in [4.69, 9.17) is 15.0 Å². The average molecular weight is 580 g/mol. The summed E-state index contributed by atoms with van der Waals surface area (Å²) < 4.78 is 0. The molecule has 224 valence electrons. The zero-order valence-corrected chi connectivity index (χ0v) is 26.9. The molecule has 4 saturated carbocycles. The van der Waals surface area contributed by atoms with Gasteiger partial charge in [0.2, 0.25) is 0 Å². The van der Waals surface area contributed by atoms with Gasteiger partial charge in [-0.05, 0) is 114 Å². The molecule has 0 radical (unpaired) electrons. The molecule has 0 amide bonds. The lowest BCUT2D eigenvalue weighted by molar-refractivity contribution is 0.217. The highest BCUT2D eigenvalue weighted by molar-refractivity contribution is 5.97. The second kappa shape index (κ2) is 9.12. The normalized spacial score (nSPS) is 33.0. The van der Waals surface area contributed by atoms with Crippen molar-refractivity contribution in [3.8, 4) is 22.5 Å². The fourth-order valence-electron chi connectivity index (χ4n) is 10.7. The Balaban J connectivity index is 1.26. The molecule has 1 aromatic heterocycles. The molecule has 0 aliphatic heterocycles. The molecule has 4 fully saturated rings. The number of rotatable bonds is 3. The molecule has 9 rings (SSSR count). The quantitative estimate of drug-likeness (QED) is 0.227. The van der Waals surface area contributed by atoms with Gasteiger partial charge in [-0.25, -0.2) is 15.0 Å². The smallest absolute Gasteiger partial charge is 0.164 e. The largest absolute Gasteiger partial charge is 0.217 e. The second-order valence-electron chi connectivity index (χ2n) is 16.4. The van der Waals surface area contributed by atoms with Gasteiger partial charge in [-0.2, -0.15) is 0 Å². The molecule has 3 nitrogen and oxygen atoms in total. The van der Waals surface area contributed by atoms with Gasteiger partial charge in [0.05, 0.1) is 0 Å². The van der Waals surface area contributed by atoms with E-state index in [0.29, 0.717) is 11.8 Å². The molecule has 4 bridgehead atoms. The lowest BCUT2D eigenvalue weighted by Gasteiger charge is -2.40. The lowest BCUT2D eigenvalue weighted by atomic mass is 9.67. The molecule has 4 unspecified atom stereocenters. The highest BCUT2D eigenvalue weighted by atomic mass is 15.1. The summed E-state index contributed by atoms with van der Waals surface area (Å²) >= 11 is 0. The maximum absolute atomic E-state index is 5.52. The Labute approximate surface area is 262 Å². The van der Waals surface area contributed by atoms with Crippen molar-refractivity contribution < 1.29 is 0 Å². The Morgan fingerprint density at radius 1 is 0.636 bits per heavy atom. The van der Waals surface area contributed by atoms with Crippen LogP contribution in [0.3, 0.4) is 0 Å². The third-order valence-electron chi connectivity index (χ3n) is 13.0. The Morgan fingerprint density at radius 2 is 1.25 bits per heavy atom. The van der Waals surface area contributed by atoms with Crippen LogP contribution < -0.4 is 0 Å². The summed E-state index contributed by atoms with van der Waals surface area (Å²) in [6.45, 7) is 14.2. The van der Waals surface area contributed by atoms with Gasteiger partial charge in [-0.1, -0.05) is 95.2 Å². The van der Waals surface area contributed by atoms with E-state index in [1.807, 2.05) is 0 Å². The van der Waals surface area contributed by atoms with Gasteiger partial charge in [0, 0.05) is 21.8 Å². The van der Waals surface area contributed by atoms with Crippen molar-refractivity contribution in [3.05, 3.63) is 89.5 Å². The first kappa shape index (κ1) is 27.0. The maximum atomic E-state index is 5.52. The predicted molar refractivity (Wildman–Crippen MR) is 180 cm³/mol. The van der Waals surface area contributed by atoms with Crippen molar-refractivity contribution in [1.29, 1.82) is 0 Å². The number of hydrogen-bond donors (Lipinski definition) is 0. The third kappa shape index (κ3) is 3.83. The van der Waals surface area contributed by atoms with E-state index < -0.39 is 0 Å². The van der Waals surface area contributed by atoms with Gasteiger partial charge in [-0.3, -0.25) is 0 Å². The summed E-state index contributed by atoms with van der Waals surface area (Å²) in [5, 5.41) is 2.59. The van der Waals surface area contributed by atoms with Crippen molar-refractivity contribution >= 4 is 10.8 Å². The van der Waals surface area contributed by atoms with Gasteiger partial charge in [0.15, 0.2) is 5.82 Å². The summed E-state index contributed by atoms with van der Waals surface area (Å²) in [6, 6.07) is 20.5. The number of allylic oxidation sites excluding steroid dienone is 1. The summed E-state index contributed by atoms with van der Waals surface area (Å²) in [5.41, 5.74) is 7.96. The van der Waals surface area contributed by atoms with Crippen LogP contribution in [-0.2, 0) is 16.2 Å². The number of benzene rings is 3. The lowest BCUT2D eigenvalue weighted by Crippen LogP contribution is -2.37. The summed E-state index contributed by atoms with van der Waals surface area (Å²) in [5.74, 6) is 5.81. The molecule has 0 saturated heterocycles. The van der Waals surface area contributed by atoms with E-state index >= 15 is 0 Å². The molecule has 6 atom stereocenters. The van der Waals surface area contributed by atoms with Gasteiger partial charge in [0.25, 0.3) is 0 Å². The van der Waals surface area contributed by atoms with Gasteiger partial charge in [0.1, 0.15) is 11.6 Å². The van der Waals surface area contributed by atoms with Crippen LogP contribution >= 0.6 is 0 Å². The van der Waals surface area contributed by atoms with Crippen LogP contribution in [0.15, 0.2) is 66.7 Å². The zero-order valence-electron chi connectivity index (χ0n) is 26.9. The molecule has 3 heteroatoms. The molecule has 3 aromatic carbocycles. The summed E-state index contributed by atoms with van der Waals surface area (Å²) in [7, 11) is 0. The Hall–Kier alpha value is -3.33. The van der Waals surface area contributed by atoms with E-state index in [-0.39, 0.29) is 16.2 Å². The van der Waals surface area contributed by atoms with Crippen LogP contribution in [-0.4, -0.2) is 15.0 Å². The predicted octanol–water partition coefficient (Wildman–Crippen LogP) is 10.1. The standard InChI is InChI=1S/C41H45N3/c1-24-29-15-16-30(24)23-41(5,22-29)38-43-36(42-37(44-38)40(4)20-25-13-14-26(17-25)21-40)31-11-8-12-33-35(31)32-18-27-9-6-7-10-28(27)19-34(32)39(33,2)3/h6-12,18-19,25-26,29-30H,1,13-17,20-23H2,2-5H3/t25-,26?,29+,30?,40?,41?/m0/s1. The van der Waals surface area contributed by atoms with E-state index in [1.165, 1.54) is 89.1 Å². The van der Waals surface area contributed by atoms with Crippen molar-refractivity contribution in [3.63, 3.8) is 0 Å². The first-order valence-corrected chi connectivity index (χ1v) is 17.2. The van der Waals surface area contributed by atoms with E-state index in [2.05, 4.69) is 88.9 Å². The molecule has 5 aliphatic carbocycles. The topological polar surface area (TPSA) is 38.7 Å². The Morgan fingerprint density at radius 3 is 1.91 bits per heavy atom. The minimum absolute atomic E-state index is 0.00939. The molecule has 0 N–H and O–H groups in total. The highest BCUT2D eigenvalue weighted by Crippen LogP contribution is 2.56. The molecule has 5 aliphatic rings.